The van der Waals surface area contributed by atoms with Crippen molar-refractivity contribution in [1.82, 2.24) is 15.1 Å². The van der Waals surface area contributed by atoms with E-state index < -0.39 is 10.8 Å². The van der Waals surface area contributed by atoms with E-state index in [1.165, 1.54) is 18.3 Å². The number of para-hydroxylation sites is 1. The first kappa shape index (κ1) is 36.3. The average molecular weight is 587 g/mol. The largest absolute Gasteiger partial charge is 0.378 e. The normalized spacial score (nSPS) is 18.8. The van der Waals surface area contributed by atoms with E-state index in [0.29, 0.717) is 6.04 Å². The third kappa shape index (κ3) is 12.4. The van der Waals surface area contributed by atoms with Crippen LogP contribution < -0.4 is 10.6 Å². The number of carbonyl (C=O) groups excluding carboxylic acids is 1. The highest BCUT2D eigenvalue weighted by Gasteiger charge is 2.31. The Morgan fingerprint density at radius 3 is 2.39 bits per heavy atom. The standard InChI is InChI=1S/C31H50N4O2S.C2H4O/c1-11-23(3)19-27(25(5)33-28-15-13-14-16-29(28)38(10)36)24(4)20-30(34(8)9)35(12-2)18-17-32-26-21-31(6,7)37-22-26;1-2-3/h11,13-16,19-20,25-26,32-33H,1,12,17-18,21-22H2,2-10H3;2H,1H3/b23-19-,27-24-,30-20+;/t25-,26?,38?;/m1./s1. The summed E-state index contributed by atoms with van der Waals surface area (Å²) in [5.74, 6) is 1.17. The van der Waals surface area contributed by atoms with Crippen LogP contribution in [0, 0.1) is 0 Å². The van der Waals surface area contributed by atoms with Gasteiger partial charge in [0.05, 0.1) is 33.6 Å². The Morgan fingerprint density at radius 1 is 1.24 bits per heavy atom. The number of carbonyl (C=O) groups is 1. The topological polar surface area (TPSA) is 73.9 Å². The van der Waals surface area contributed by atoms with Crippen molar-refractivity contribution in [2.24, 2.45) is 0 Å². The fourth-order valence-electron chi connectivity index (χ4n) is 4.82. The summed E-state index contributed by atoms with van der Waals surface area (Å²) in [5, 5.41) is 7.30. The van der Waals surface area contributed by atoms with Crippen LogP contribution >= 0.6 is 0 Å². The summed E-state index contributed by atoms with van der Waals surface area (Å²) in [6.07, 6.45) is 9.85. The van der Waals surface area contributed by atoms with E-state index in [2.05, 4.69) is 94.8 Å². The van der Waals surface area contributed by atoms with Crippen LogP contribution in [0.25, 0.3) is 0 Å². The molecule has 1 aliphatic heterocycles. The van der Waals surface area contributed by atoms with Gasteiger partial charge in [-0.05, 0) is 84.2 Å². The molecule has 0 amide bonds. The molecule has 1 aromatic rings. The number of nitrogens with zero attached hydrogens (tertiary/aromatic N) is 2. The smallest absolute Gasteiger partial charge is 0.116 e. The molecule has 1 saturated heterocycles. The van der Waals surface area contributed by atoms with E-state index in [9.17, 15) is 4.21 Å². The van der Waals surface area contributed by atoms with E-state index in [1.54, 1.807) is 6.26 Å². The Labute approximate surface area is 252 Å². The lowest BCUT2D eigenvalue weighted by atomic mass is 9.99. The molecule has 0 radical (unpaired) electrons. The van der Waals surface area contributed by atoms with Gasteiger partial charge in [0, 0.05) is 52.1 Å². The number of aldehydes is 1. The van der Waals surface area contributed by atoms with Crippen LogP contribution in [0.15, 0.2) is 76.5 Å². The number of nitrogens with one attached hydrogen (secondary N) is 2. The molecule has 0 aliphatic carbocycles. The van der Waals surface area contributed by atoms with Crippen LogP contribution in [0.5, 0.6) is 0 Å². The molecular formula is C33H54N4O3S. The van der Waals surface area contributed by atoms with Crippen molar-refractivity contribution in [3.8, 4) is 0 Å². The molecule has 0 spiro atoms. The highest BCUT2D eigenvalue weighted by atomic mass is 32.2. The van der Waals surface area contributed by atoms with Gasteiger partial charge in [0.15, 0.2) is 0 Å². The SMILES string of the molecule is C=C\C(C)=C/C(=C(C)/C=C(\N(C)C)N(CC)CCNC1COC(C)(C)C1)[C@@H](C)Nc1ccccc1S(C)=O.CC=O. The monoisotopic (exact) mass is 586 g/mol. The maximum atomic E-state index is 12.3. The quantitative estimate of drug-likeness (QED) is 0.212. The van der Waals surface area contributed by atoms with Crippen molar-refractivity contribution in [1.29, 1.82) is 0 Å². The van der Waals surface area contributed by atoms with Crippen LogP contribution in [0.1, 0.15) is 54.9 Å². The number of anilines is 1. The molecule has 230 valence electrons. The summed E-state index contributed by atoms with van der Waals surface area (Å²) in [4.78, 5) is 14.2. The minimum Gasteiger partial charge on any atom is -0.378 e. The predicted molar refractivity (Wildman–Crippen MR) is 176 cm³/mol. The van der Waals surface area contributed by atoms with Crippen molar-refractivity contribution in [2.45, 2.75) is 77.5 Å². The summed E-state index contributed by atoms with van der Waals surface area (Å²) >= 11 is 0. The van der Waals surface area contributed by atoms with Crippen molar-refractivity contribution in [3.63, 3.8) is 0 Å². The number of hydrogen-bond acceptors (Lipinski definition) is 7. The second-order valence-electron chi connectivity index (χ2n) is 11.2. The molecule has 1 fully saturated rings. The van der Waals surface area contributed by atoms with Crippen LogP contribution in [-0.4, -0.2) is 84.6 Å². The van der Waals surface area contributed by atoms with Gasteiger partial charge in [-0.3, -0.25) is 4.21 Å². The van der Waals surface area contributed by atoms with Crippen molar-refractivity contribution < 1.29 is 13.7 Å². The molecule has 1 aromatic carbocycles. The Balaban J connectivity index is 0.00000268. The summed E-state index contributed by atoms with van der Waals surface area (Å²) in [7, 11) is 3.12. The molecule has 2 rings (SSSR count). The molecule has 3 atom stereocenters. The van der Waals surface area contributed by atoms with Gasteiger partial charge in [0.1, 0.15) is 12.1 Å². The highest BCUT2D eigenvalue weighted by molar-refractivity contribution is 7.84. The molecule has 0 saturated carbocycles. The number of rotatable bonds is 14. The molecule has 2 N–H and O–H groups in total. The van der Waals surface area contributed by atoms with E-state index in [0.717, 1.165) is 60.7 Å². The predicted octanol–water partition coefficient (Wildman–Crippen LogP) is 5.76. The van der Waals surface area contributed by atoms with Gasteiger partial charge in [0.25, 0.3) is 0 Å². The van der Waals surface area contributed by atoms with Crippen LogP contribution in [0.2, 0.25) is 0 Å². The minimum atomic E-state index is -1.07. The Morgan fingerprint density at radius 2 is 1.88 bits per heavy atom. The Bertz CT molecular complexity index is 1110. The second kappa shape index (κ2) is 18.0. The van der Waals surface area contributed by atoms with E-state index in [-0.39, 0.29) is 11.6 Å². The summed E-state index contributed by atoms with van der Waals surface area (Å²) in [5.41, 5.74) is 4.29. The number of allylic oxidation sites excluding steroid dienone is 4. The molecule has 0 aromatic heterocycles. The summed E-state index contributed by atoms with van der Waals surface area (Å²) in [6, 6.07) is 8.22. The van der Waals surface area contributed by atoms with Gasteiger partial charge >= 0.3 is 0 Å². The molecule has 7 nitrogen and oxygen atoms in total. The van der Waals surface area contributed by atoms with Crippen LogP contribution in [-0.2, 0) is 20.3 Å². The minimum absolute atomic E-state index is 0.00303. The van der Waals surface area contributed by atoms with Gasteiger partial charge in [-0.15, -0.1) is 0 Å². The van der Waals surface area contributed by atoms with Gasteiger partial charge < -0.3 is 30.0 Å². The number of hydrogen-bond donors (Lipinski definition) is 2. The first-order chi connectivity index (χ1) is 19.3. The molecule has 2 unspecified atom stereocenters. The fraction of sp³-hybridized carbons (Fsp3) is 0.545. The average Bonchev–Trinajstić information content (AvgIpc) is 3.26. The van der Waals surface area contributed by atoms with Crippen molar-refractivity contribution in [3.05, 3.63) is 71.6 Å². The van der Waals surface area contributed by atoms with Gasteiger partial charge in [-0.1, -0.05) is 36.4 Å². The third-order valence-electron chi connectivity index (χ3n) is 6.93. The molecule has 0 bridgehead atoms. The van der Waals surface area contributed by atoms with Crippen LogP contribution in [0.4, 0.5) is 5.69 Å². The van der Waals surface area contributed by atoms with Gasteiger partial charge in [0.2, 0.25) is 0 Å². The van der Waals surface area contributed by atoms with E-state index in [4.69, 9.17) is 9.53 Å². The zero-order valence-electron chi connectivity index (χ0n) is 27.0. The third-order valence-corrected chi connectivity index (χ3v) is 7.91. The lowest BCUT2D eigenvalue weighted by Gasteiger charge is -2.32. The van der Waals surface area contributed by atoms with Crippen LogP contribution in [0.3, 0.4) is 0 Å². The lowest BCUT2D eigenvalue weighted by Crippen LogP contribution is -2.40. The van der Waals surface area contributed by atoms with E-state index in [1.807, 2.05) is 30.3 Å². The van der Waals surface area contributed by atoms with Gasteiger partial charge in [-0.2, -0.15) is 0 Å². The molecule has 41 heavy (non-hydrogen) atoms. The molecular weight excluding hydrogens is 532 g/mol. The van der Waals surface area contributed by atoms with E-state index >= 15 is 0 Å². The lowest BCUT2D eigenvalue weighted by molar-refractivity contribution is -0.106. The summed E-state index contributed by atoms with van der Waals surface area (Å²) < 4.78 is 18.2. The van der Waals surface area contributed by atoms with Gasteiger partial charge in [-0.25, -0.2) is 0 Å². The first-order valence-corrected chi connectivity index (χ1v) is 16.0. The molecule has 1 aliphatic rings. The maximum absolute atomic E-state index is 12.3. The maximum Gasteiger partial charge on any atom is 0.116 e. The molecule has 8 heteroatoms. The fourth-order valence-corrected chi connectivity index (χ4v) is 5.53. The highest BCUT2D eigenvalue weighted by Crippen LogP contribution is 2.26. The number of ether oxygens (including phenoxy) is 1. The zero-order chi connectivity index (χ0) is 31.2. The Kier molecular flexibility index (Phi) is 15.9. The second-order valence-corrected chi connectivity index (χ2v) is 12.5. The number of benzene rings is 1. The first-order valence-electron chi connectivity index (χ1n) is 14.4. The van der Waals surface area contributed by atoms with Crippen molar-refractivity contribution in [2.75, 3.05) is 51.9 Å². The summed E-state index contributed by atoms with van der Waals surface area (Å²) in [6.45, 7) is 21.8. The van der Waals surface area contributed by atoms with Crippen molar-refractivity contribution >= 4 is 22.8 Å². The zero-order valence-corrected chi connectivity index (χ0v) is 27.9. The Hall–Kier alpha value is -2.68. The molecule has 1 heterocycles. The number of likely N-dealkylation sites (N-methyl/N-ethyl adjacent to an activating group) is 1.